The lowest BCUT2D eigenvalue weighted by atomic mass is 10.4. The highest BCUT2D eigenvalue weighted by Crippen LogP contribution is 2.28. The van der Waals surface area contributed by atoms with Gasteiger partial charge in [0.1, 0.15) is 5.76 Å². The summed E-state index contributed by atoms with van der Waals surface area (Å²) < 4.78 is 33.5. The molecule has 2 rings (SSSR count). The van der Waals surface area contributed by atoms with Gasteiger partial charge in [-0.3, -0.25) is 0 Å². The van der Waals surface area contributed by atoms with Crippen LogP contribution in [0.1, 0.15) is 5.76 Å². The molecule has 0 unspecified atom stereocenters. The third-order valence-corrected chi connectivity index (χ3v) is 6.29. The first-order valence-electron chi connectivity index (χ1n) is 5.46. The van der Waals surface area contributed by atoms with E-state index in [2.05, 4.69) is 47.8 Å². The molecule has 0 N–H and O–H groups in total. The molecule has 2 aromatic rings. The van der Waals surface area contributed by atoms with E-state index < -0.39 is 10.0 Å². The molecule has 0 aliphatic carbocycles. The van der Waals surface area contributed by atoms with Crippen molar-refractivity contribution >= 4 is 57.8 Å². The maximum atomic E-state index is 12.5. The smallest absolute Gasteiger partial charge is 0.244 e. The molecule has 20 heavy (non-hydrogen) atoms. The summed E-state index contributed by atoms with van der Waals surface area (Å²) in [5.74, 6) is 0.566. The van der Waals surface area contributed by atoms with Crippen LogP contribution in [0.4, 0.5) is 0 Å². The van der Waals surface area contributed by atoms with Gasteiger partial charge in [-0.2, -0.15) is 4.31 Å². The van der Waals surface area contributed by atoms with E-state index in [0.717, 1.165) is 4.47 Å². The summed E-state index contributed by atoms with van der Waals surface area (Å²) in [6.07, 6.45) is 0. The molecule has 0 bridgehead atoms. The summed E-state index contributed by atoms with van der Waals surface area (Å²) in [6.45, 7) is 0.163. The van der Waals surface area contributed by atoms with Crippen molar-refractivity contribution in [3.63, 3.8) is 0 Å². The van der Waals surface area contributed by atoms with Gasteiger partial charge >= 0.3 is 0 Å². The molecule has 4 nitrogen and oxygen atoms in total. The molecule has 0 atom stereocenters. The van der Waals surface area contributed by atoms with E-state index in [1.54, 1.807) is 30.3 Å². The Kier molecular flexibility index (Phi) is 5.12. The summed E-state index contributed by atoms with van der Waals surface area (Å²) >= 11 is 9.76. The Labute approximate surface area is 142 Å². The van der Waals surface area contributed by atoms with Crippen LogP contribution < -0.4 is 0 Å². The molecule has 0 saturated heterocycles. The fourth-order valence-electron chi connectivity index (χ4n) is 1.59. The number of nitrogens with zero attached hydrogens (tertiary/aromatic N) is 1. The van der Waals surface area contributed by atoms with Crippen LogP contribution in [0, 0.1) is 0 Å². The first-order valence-corrected chi connectivity index (χ1v) is 9.28. The van der Waals surface area contributed by atoms with Gasteiger partial charge in [-0.25, -0.2) is 8.42 Å². The molecule has 8 heteroatoms. The second-order valence-corrected chi connectivity index (χ2v) is 8.61. The van der Waals surface area contributed by atoms with Gasteiger partial charge in [0.25, 0.3) is 0 Å². The molecule has 0 spiro atoms. The number of benzene rings is 1. The summed E-state index contributed by atoms with van der Waals surface area (Å²) in [6, 6.07) is 8.40. The van der Waals surface area contributed by atoms with Crippen LogP contribution in [0.25, 0.3) is 0 Å². The molecular weight excluding hydrogens is 478 g/mol. The van der Waals surface area contributed by atoms with E-state index in [4.69, 9.17) is 4.42 Å². The Balaban J connectivity index is 2.29. The van der Waals surface area contributed by atoms with Crippen LogP contribution in [0.3, 0.4) is 0 Å². The van der Waals surface area contributed by atoms with Gasteiger partial charge in [-0.1, -0.05) is 15.9 Å². The summed E-state index contributed by atoms with van der Waals surface area (Å²) in [5.41, 5.74) is 0. The highest BCUT2D eigenvalue weighted by atomic mass is 79.9. The van der Waals surface area contributed by atoms with Crippen LogP contribution in [0.5, 0.6) is 0 Å². The standard InChI is InChI=1S/C12H10Br3NO3S/c1-16(7-9-3-5-12(15)19-9)20(17,18)11-4-2-8(13)6-10(11)14/h2-6H,7H2,1H3. The van der Waals surface area contributed by atoms with E-state index in [1.165, 1.54) is 11.4 Å². The number of furan rings is 1. The van der Waals surface area contributed by atoms with Gasteiger partial charge in [0.2, 0.25) is 10.0 Å². The highest BCUT2D eigenvalue weighted by molar-refractivity contribution is 9.11. The molecule has 0 amide bonds. The molecule has 108 valence electrons. The van der Waals surface area contributed by atoms with Crippen molar-refractivity contribution in [3.05, 3.63) is 49.7 Å². The van der Waals surface area contributed by atoms with Crippen molar-refractivity contribution in [2.75, 3.05) is 7.05 Å². The second-order valence-electron chi connectivity index (χ2n) is 4.04. The van der Waals surface area contributed by atoms with Gasteiger partial charge in [0.15, 0.2) is 4.67 Å². The Hall–Kier alpha value is -0.150. The minimum Gasteiger partial charge on any atom is -0.453 e. The first kappa shape index (κ1) is 16.2. The predicted molar refractivity (Wildman–Crippen MR) is 86.9 cm³/mol. The Bertz CT molecular complexity index is 727. The molecule has 1 heterocycles. The minimum absolute atomic E-state index is 0.163. The number of sulfonamides is 1. The van der Waals surface area contributed by atoms with Crippen molar-refractivity contribution < 1.29 is 12.8 Å². The molecular formula is C12H10Br3NO3S. The zero-order chi connectivity index (χ0) is 14.9. The van der Waals surface area contributed by atoms with Crippen molar-refractivity contribution in [3.8, 4) is 0 Å². The van der Waals surface area contributed by atoms with E-state index in [1.807, 2.05) is 0 Å². The molecule has 0 fully saturated rings. The van der Waals surface area contributed by atoms with E-state index >= 15 is 0 Å². The highest BCUT2D eigenvalue weighted by Gasteiger charge is 2.24. The lowest BCUT2D eigenvalue weighted by molar-refractivity contribution is 0.398. The third kappa shape index (κ3) is 3.54. The first-order chi connectivity index (χ1) is 9.30. The van der Waals surface area contributed by atoms with E-state index in [-0.39, 0.29) is 11.4 Å². The van der Waals surface area contributed by atoms with Gasteiger partial charge in [0, 0.05) is 16.0 Å². The van der Waals surface area contributed by atoms with Gasteiger partial charge < -0.3 is 4.42 Å². The van der Waals surface area contributed by atoms with Crippen LogP contribution in [-0.2, 0) is 16.6 Å². The number of halogens is 3. The lowest BCUT2D eigenvalue weighted by Crippen LogP contribution is -2.26. The summed E-state index contributed by atoms with van der Waals surface area (Å²) in [4.78, 5) is 0.217. The zero-order valence-electron chi connectivity index (χ0n) is 10.3. The van der Waals surface area contributed by atoms with Gasteiger partial charge in [-0.05, 0) is 62.2 Å². The van der Waals surface area contributed by atoms with E-state index in [0.29, 0.717) is 14.9 Å². The maximum Gasteiger partial charge on any atom is 0.244 e. The molecule has 0 radical (unpaired) electrons. The van der Waals surface area contributed by atoms with Crippen LogP contribution in [0.2, 0.25) is 0 Å². The number of hydrogen-bond acceptors (Lipinski definition) is 3. The number of hydrogen-bond donors (Lipinski definition) is 0. The quantitative estimate of drug-likeness (QED) is 0.642. The fraction of sp³-hybridized carbons (Fsp3) is 0.167. The third-order valence-electron chi connectivity index (χ3n) is 2.59. The summed E-state index contributed by atoms with van der Waals surface area (Å²) in [7, 11) is -2.07. The fourth-order valence-corrected chi connectivity index (χ4v) is 4.77. The molecule has 1 aromatic carbocycles. The topological polar surface area (TPSA) is 50.5 Å². The van der Waals surface area contributed by atoms with E-state index in [9.17, 15) is 8.42 Å². The zero-order valence-corrected chi connectivity index (χ0v) is 15.9. The van der Waals surface area contributed by atoms with Crippen LogP contribution >= 0.6 is 47.8 Å². The molecule has 1 aromatic heterocycles. The van der Waals surface area contributed by atoms with Crippen molar-refractivity contribution in [2.24, 2.45) is 0 Å². The molecule has 0 aliphatic heterocycles. The van der Waals surface area contributed by atoms with Crippen LogP contribution in [-0.4, -0.2) is 19.8 Å². The largest absolute Gasteiger partial charge is 0.453 e. The minimum atomic E-state index is -3.59. The maximum absolute atomic E-state index is 12.5. The normalized spacial score (nSPS) is 12.1. The van der Waals surface area contributed by atoms with Gasteiger partial charge in [0.05, 0.1) is 11.4 Å². The second kappa shape index (κ2) is 6.31. The average Bonchev–Trinajstić information content (AvgIpc) is 2.74. The molecule has 0 aliphatic rings. The van der Waals surface area contributed by atoms with Crippen molar-refractivity contribution in [2.45, 2.75) is 11.4 Å². The monoisotopic (exact) mass is 485 g/mol. The SMILES string of the molecule is CN(Cc1ccc(Br)o1)S(=O)(=O)c1ccc(Br)cc1Br. The van der Waals surface area contributed by atoms with Crippen molar-refractivity contribution in [1.82, 2.24) is 4.31 Å². The Morgan fingerprint density at radius 2 is 1.85 bits per heavy atom. The van der Waals surface area contributed by atoms with Gasteiger partial charge in [-0.15, -0.1) is 0 Å². The Morgan fingerprint density at radius 1 is 1.15 bits per heavy atom. The molecule has 0 saturated carbocycles. The summed E-state index contributed by atoms with van der Waals surface area (Å²) in [5, 5.41) is 0. The predicted octanol–water partition coefficient (Wildman–Crippen LogP) is 4.39. The van der Waals surface area contributed by atoms with Crippen LogP contribution in [0.15, 0.2) is 53.3 Å². The van der Waals surface area contributed by atoms with Crippen molar-refractivity contribution in [1.29, 1.82) is 0 Å². The average molecular weight is 488 g/mol. The lowest BCUT2D eigenvalue weighted by Gasteiger charge is -2.17. The number of rotatable bonds is 4. The Morgan fingerprint density at radius 3 is 2.40 bits per heavy atom.